The average molecular weight is 288 g/mol. The molecule has 0 saturated heterocycles. The summed E-state index contributed by atoms with van der Waals surface area (Å²) < 4.78 is 5.66. The second-order valence-corrected chi connectivity index (χ2v) is 4.72. The van der Waals surface area contributed by atoms with Crippen LogP contribution < -0.4 is 16.0 Å². The minimum atomic E-state index is -0.541. The van der Waals surface area contributed by atoms with Crippen molar-refractivity contribution in [3.8, 4) is 11.6 Å². The highest BCUT2D eigenvalue weighted by atomic mass is 16.6. The Balaban J connectivity index is 2.45. The Kier molecular flexibility index (Phi) is 4.34. The van der Waals surface area contributed by atoms with E-state index < -0.39 is 4.92 Å². The van der Waals surface area contributed by atoms with E-state index in [1.807, 2.05) is 26.0 Å². The fourth-order valence-corrected chi connectivity index (χ4v) is 1.88. The molecule has 0 unspecified atom stereocenters. The minimum Gasteiger partial charge on any atom is -0.433 e. The number of ether oxygens (including phenoxy) is 1. The topological polar surface area (TPSA) is 103 Å². The smallest absolute Gasteiger partial charge is 0.331 e. The quantitative estimate of drug-likeness (QED) is 0.497. The summed E-state index contributed by atoms with van der Waals surface area (Å²) in [5.41, 5.74) is 3.07. The highest BCUT2D eigenvalue weighted by Crippen LogP contribution is 2.34. The second kappa shape index (κ2) is 6.19. The molecular weight excluding hydrogens is 272 g/mol. The van der Waals surface area contributed by atoms with Crippen molar-refractivity contribution in [2.45, 2.75) is 19.8 Å². The number of nitrogens with zero attached hydrogens (tertiary/aromatic N) is 2. The van der Waals surface area contributed by atoms with Gasteiger partial charge in [-0.2, -0.15) is 4.98 Å². The van der Waals surface area contributed by atoms with E-state index in [0.29, 0.717) is 5.75 Å². The van der Waals surface area contributed by atoms with E-state index in [9.17, 15) is 10.1 Å². The van der Waals surface area contributed by atoms with Crippen LogP contribution in [0.25, 0.3) is 0 Å². The molecule has 0 amide bonds. The van der Waals surface area contributed by atoms with Crippen LogP contribution in [0.2, 0.25) is 0 Å². The Hall–Kier alpha value is -2.67. The SMILES string of the molecule is CC(C)c1ccccc1Oc1nc(NN)ccc1[N+](=O)[O-]. The van der Waals surface area contributed by atoms with E-state index in [4.69, 9.17) is 10.6 Å². The zero-order valence-electron chi connectivity index (χ0n) is 11.7. The number of nitro groups is 1. The van der Waals surface area contributed by atoms with Crippen LogP contribution in [-0.2, 0) is 0 Å². The Morgan fingerprint density at radius 2 is 2.00 bits per heavy atom. The van der Waals surface area contributed by atoms with Crippen molar-refractivity contribution in [2.24, 2.45) is 5.84 Å². The van der Waals surface area contributed by atoms with Gasteiger partial charge in [0.1, 0.15) is 11.6 Å². The molecule has 0 fully saturated rings. The maximum Gasteiger partial charge on any atom is 0.331 e. The molecule has 21 heavy (non-hydrogen) atoms. The summed E-state index contributed by atoms with van der Waals surface area (Å²) in [6.07, 6.45) is 0. The molecule has 3 N–H and O–H groups in total. The summed E-state index contributed by atoms with van der Waals surface area (Å²) >= 11 is 0. The zero-order chi connectivity index (χ0) is 15.4. The van der Waals surface area contributed by atoms with Crippen molar-refractivity contribution in [1.29, 1.82) is 0 Å². The highest BCUT2D eigenvalue weighted by Gasteiger charge is 2.20. The molecule has 0 aliphatic rings. The second-order valence-electron chi connectivity index (χ2n) is 4.72. The predicted molar refractivity (Wildman–Crippen MR) is 79.3 cm³/mol. The molecule has 0 atom stereocenters. The molecule has 0 spiro atoms. The Morgan fingerprint density at radius 1 is 1.29 bits per heavy atom. The van der Waals surface area contributed by atoms with Crippen LogP contribution in [-0.4, -0.2) is 9.91 Å². The maximum atomic E-state index is 11.1. The average Bonchev–Trinajstić information content (AvgIpc) is 2.47. The molecule has 1 aromatic heterocycles. The molecule has 0 saturated carbocycles. The van der Waals surface area contributed by atoms with Gasteiger partial charge in [0.25, 0.3) is 0 Å². The van der Waals surface area contributed by atoms with Crippen LogP contribution in [0.4, 0.5) is 11.5 Å². The number of nitrogens with two attached hydrogens (primary N) is 1. The number of nitrogens with one attached hydrogen (secondary N) is 1. The lowest BCUT2D eigenvalue weighted by Gasteiger charge is -2.13. The van der Waals surface area contributed by atoms with Crippen LogP contribution in [0.1, 0.15) is 25.3 Å². The highest BCUT2D eigenvalue weighted by molar-refractivity contribution is 5.51. The number of hydrazine groups is 1. The van der Waals surface area contributed by atoms with Crippen LogP contribution in [0.15, 0.2) is 36.4 Å². The third-order valence-electron chi connectivity index (χ3n) is 2.93. The number of anilines is 1. The molecule has 0 aliphatic carbocycles. The molecule has 2 aromatic rings. The fraction of sp³-hybridized carbons (Fsp3) is 0.214. The molecule has 0 radical (unpaired) electrons. The van der Waals surface area contributed by atoms with Crippen molar-refractivity contribution in [1.82, 2.24) is 4.98 Å². The van der Waals surface area contributed by atoms with Crippen LogP contribution in [0, 0.1) is 10.1 Å². The lowest BCUT2D eigenvalue weighted by Crippen LogP contribution is -2.09. The number of hydrogen-bond acceptors (Lipinski definition) is 6. The van der Waals surface area contributed by atoms with E-state index in [1.54, 1.807) is 12.1 Å². The number of rotatable bonds is 5. The summed E-state index contributed by atoms with van der Waals surface area (Å²) in [7, 11) is 0. The lowest BCUT2D eigenvalue weighted by molar-refractivity contribution is -0.386. The minimum absolute atomic E-state index is 0.0939. The van der Waals surface area contributed by atoms with Gasteiger partial charge in [-0.3, -0.25) is 10.1 Å². The van der Waals surface area contributed by atoms with Crippen molar-refractivity contribution in [3.05, 3.63) is 52.1 Å². The summed E-state index contributed by atoms with van der Waals surface area (Å²) in [5.74, 6) is 6.23. The van der Waals surface area contributed by atoms with Gasteiger partial charge in [0.05, 0.1) is 4.92 Å². The maximum absolute atomic E-state index is 11.1. The zero-order valence-corrected chi connectivity index (χ0v) is 11.7. The summed E-state index contributed by atoms with van der Waals surface area (Å²) in [6, 6.07) is 10.1. The first-order valence-electron chi connectivity index (χ1n) is 6.41. The van der Waals surface area contributed by atoms with Gasteiger partial charge < -0.3 is 10.2 Å². The van der Waals surface area contributed by atoms with E-state index in [2.05, 4.69) is 10.4 Å². The van der Waals surface area contributed by atoms with Crippen molar-refractivity contribution < 1.29 is 9.66 Å². The Morgan fingerprint density at radius 3 is 2.62 bits per heavy atom. The van der Waals surface area contributed by atoms with Gasteiger partial charge in [-0.1, -0.05) is 32.0 Å². The van der Waals surface area contributed by atoms with Gasteiger partial charge in [0, 0.05) is 6.07 Å². The molecule has 1 heterocycles. The van der Waals surface area contributed by atoms with Gasteiger partial charge in [-0.05, 0) is 23.6 Å². The Bertz CT molecular complexity index is 658. The first kappa shape index (κ1) is 14.7. The molecule has 7 heteroatoms. The van der Waals surface area contributed by atoms with Crippen LogP contribution in [0.5, 0.6) is 11.6 Å². The van der Waals surface area contributed by atoms with Crippen LogP contribution >= 0.6 is 0 Å². The van der Waals surface area contributed by atoms with Gasteiger partial charge in [-0.25, -0.2) is 5.84 Å². The molecule has 1 aromatic carbocycles. The summed E-state index contributed by atoms with van der Waals surface area (Å²) in [5, 5.41) is 11.1. The molecule has 0 bridgehead atoms. The van der Waals surface area contributed by atoms with Crippen LogP contribution in [0.3, 0.4) is 0 Å². The van der Waals surface area contributed by atoms with E-state index in [1.165, 1.54) is 12.1 Å². The largest absolute Gasteiger partial charge is 0.433 e. The van der Waals surface area contributed by atoms with Crippen molar-refractivity contribution >= 4 is 11.5 Å². The van der Waals surface area contributed by atoms with E-state index in [-0.39, 0.29) is 23.3 Å². The normalized spacial score (nSPS) is 10.5. The van der Waals surface area contributed by atoms with Gasteiger partial charge in [0.2, 0.25) is 0 Å². The Labute approximate surface area is 121 Å². The van der Waals surface area contributed by atoms with Gasteiger partial charge in [-0.15, -0.1) is 0 Å². The van der Waals surface area contributed by atoms with Crippen molar-refractivity contribution in [2.75, 3.05) is 5.43 Å². The van der Waals surface area contributed by atoms with Gasteiger partial charge in [0.15, 0.2) is 0 Å². The monoisotopic (exact) mass is 288 g/mol. The van der Waals surface area contributed by atoms with Gasteiger partial charge >= 0.3 is 11.6 Å². The first-order chi connectivity index (χ1) is 10.0. The summed E-state index contributed by atoms with van der Waals surface area (Å²) in [4.78, 5) is 14.5. The number of nitrogen functional groups attached to an aromatic ring is 1. The third kappa shape index (κ3) is 3.26. The molecule has 2 rings (SSSR count). The molecule has 7 nitrogen and oxygen atoms in total. The number of pyridine rings is 1. The molecule has 0 aliphatic heterocycles. The summed E-state index contributed by atoms with van der Waals surface area (Å²) in [6.45, 7) is 4.03. The van der Waals surface area contributed by atoms with Crippen molar-refractivity contribution in [3.63, 3.8) is 0 Å². The molecule has 110 valence electrons. The van der Waals surface area contributed by atoms with E-state index >= 15 is 0 Å². The van der Waals surface area contributed by atoms with E-state index in [0.717, 1.165) is 5.56 Å². The lowest BCUT2D eigenvalue weighted by atomic mass is 10.0. The number of benzene rings is 1. The predicted octanol–water partition coefficient (Wildman–Crippen LogP) is 3.19. The number of aromatic nitrogens is 1. The number of hydrogen-bond donors (Lipinski definition) is 2. The first-order valence-corrected chi connectivity index (χ1v) is 6.41. The molecular formula is C14H16N4O3. The third-order valence-corrected chi connectivity index (χ3v) is 2.93. The number of para-hydroxylation sites is 1. The fourth-order valence-electron chi connectivity index (χ4n) is 1.88. The standard InChI is InChI=1S/C14H16N4O3/c1-9(2)10-5-3-4-6-12(10)21-14-11(18(19)20)7-8-13(16-14)17-15/h3-9H,15H2,1-2H3,(H,16,17).